The number of halogens is 2. The summed E-state index contributed by atoms with van der Waals surface area (Å²) in [7, 11) is 0. The molecular weight excluding hydrogens is 337 g/mol. The maximum absolute atomic E-state index is 12.9. The van der Waals surface area contributed by atoms with Crippen LogP contribution in [0.4, 0.5) is 4.39 Å². The number of Topliss-reactive ketones (excluding diaryl/α,β-unsaturated/α-hetero) is 1. The summed E-state index contributed by atoms with van der Waals surface area (Å²) in [5.41, 5.74) is 2.05. The predicted molar refractivity (Wildman–Crippen MR) is 102 cm³/mol. The van der Waals surface area contributed by atoms with Gasteiger partial charge in [-0.1, -0.05) is 30.3 Å². The van der Waals surface area contributed by atoms with E-state index in [9.17, 15) is 9.18 Å². The van der Waals surface area contributed by atoms with Crippen molar-refractivity contribution in [3.63, 3.8) is 0 Å². The molecule has 0 bridgehead atoms. The van der Waals surface area contributed by atoms with E-state index in [4.69, 9.17) is 0 Å². The Labute approximate surface area is 155 Å². The van der Waals surface area contributed by atoms with Gasteiger partial charge in [0.15, 0.2) is 5.78 Å². The molecule has 1 atom stereocenters. The van der Waals surface area contributed by atoms with Crippen molar-refractivity contribution in [2.75, 3.05) is 19.6 Å². The first kappa shape index (κ1) is 19.6. The van der Waals surface area contributed by atoms with Gasteiger partial charge in [-0.05, 0) is 68.1 Å². The summed E-state index contributed by atoms with van der Waals surface area (Å²) in [6, 6.07) is 16.6. The topological polar surface area (TPSA) is 20.3 Å². The summed E-state index contributed by atoms with van der Waals surface area (Å²) in [6.45, 7) is 3.32. The Morgan fingerprint density at radius 1 is 1.04 bits per heavy atom. The SMILES string of the molecule is Cl.O=C(CCCCN1CCC(c2ccccc2)C1)c1ccc(F)cc1. The Balaban J connectivity index is 0.00000225. The molecule has 0 saturated carbocycles. The summed E-state index contributed by atoms with van der Waals surface area (Å²) in [6.07, 6.45) is 3.69. The van der Waals surface area contributed by atoms with Gasteiger partial charge in [0.25, 0.3) is 0 Å². The number of ketones is 1. The van der Waals surface area contributed by atoms with E-state index in [2.05, 4.69) is 35.2 Å². The molecule has 0 spiro atoms. The standard InChI is InChI=1S/C21H24FNO.ClH/c22-20-11-9-18(10-12-20)21(24)8-4-5-14-23-15-13-19(16-23)17-6-2-1-3-7-17;/h1-3,6-7,9-12,19H,4-5,8,13-16H2;1H. The second kappa shape index (κ2) is 9.69. The van der Waals surface area contributed by atoms with Gasteiger partial charge in [0.1, 0.15) is 5.82 Å². The number of carbonyl (C=O) groups excluding carboxylic acids is 1. The lowest BCUT2D eigenvalue weighted by Crippen LogP contribution is -2.21. The predicted octanol–water partition coefficient (Wildman–Crippen LogP) is 5.09. The molecule has 0 radical (unpaired) electrons. The van der Waals surface area contributed by atoms with Crippen molar-refractivity contribution in [1.82, 2.24) is 4.90 Å². The van der Waals surface area contributed by atoms with E-state index < -0.39 is 0 Å². The second-order valence-electron chi connectivity index (χ2n) is 6.58. The number of hydrogen-bond acceptors (Lipinski definition) is 2. The zero-order valence-electron chi connectivity index (χ0n) is 14.4. The maximum atomic E-state index is 12.9. The molecule has 134 valence electrons. The summed E-state index contributed by atoms with van der Waals surface area (Å²) in [5.74, 6) is 0.458. The highest BCUT2D eigenvalue weighted by Gasteiger charge is 2.23. The lowest BCUT2D eigenvalue weighted by molar-refractivity contribution is 0.0978. The Hall–Kier alpha value is -1.71. The normalized spacial score (nSPS) is 17.2. The van der Waals surface area contributed by atoms with Crippen molar-refractivity contribution in [3.8, 4) is 0 Å². The molecule has 25 heavy (non-hydrogen) atoms. The molecule has 2 aromatic rings. The van der Waals surface area contributed by atoms with Crippen LogP contribution in [-0.2, 0) is 0 Å². The first-order chi connectivity index (χ1) is 11.7. The molecule has 1 aliphatic heterocycles. The van der Waals surface area contributed by atoms with Crippen LogP contribution in [0.25, 0.3) is 0 Å². The van der Waals surface area contributed by atoms with Gasteiger partial charge in [0.05, 0.1) is 0 Å². The van der Waals surface area contributed by atoms with Gasteiger partial charge in [-0.15, -0.1) is 12.4 Å². The summed E-state index contributed by atoms with van der Waals surface area (Å²) >= 11 is 0. The second-order valence-corrected chi connectivity index (χ2v) is 6.58. The van der Waals surface area contributed by atoms with Crippen LogP contribution in [0.15, 0.2) is 54.6 Å². The molecule has 0 N–H and O–H groups in total. The molecule has 0 amide bonds. The van der Waals surface area contributed by atoms with Gasteiger partial charge in [-0.25, -0.2) is 4.39 Å². The van der Waals surface area contributed by atoms with Crippen LogP contribution < -0.4 is 0 Å². The van der Waals surface area contributed by atoms with Gasteiger partial charge >= 0.3 is 0 Å². The van der Waals surface area contributed by atoms with Crippen molar-refractivity contribution in [2.24, 2.45) is 0 Å². The number of unbranched alkanes of at least 4 members (excludes halogenated alkanes) is 1. The molecule has 3 rings (SSSR count). The average molecular weight is 362 g/mol. The van der Waals surface area contributed by atoms with E-state index in [0.29, 0.717) is 17.9 Å². The highest BCUT2D eigenvalue weighted by molar-refractivity contribution is 5.95. The molecule has 1 aliphatic rings. The highest BCUT2D eigenvalue weighted by Crippen LogP contribution is 2.27. The van der Waals surface area contributed by atoms with Crippen molar-refractivity contribution in [2.45, 2.75) is 31.6 Å². The lowest BCUT2D eigenvalue weighted by atomic mass is 9.99. The van der Waals surface area contributed by atoms with Gasteiger partial charge < -0.3 is 4.90 Å². The number of carbonyl (C=O) groups is 1. The van der Waals surface area contributed by atoms with Crippen molar-refractivity contribution < 1.29 is 9.18 Å². The zero-order chi connectivity index (χ0) is 16.8. The third-order valence-electron chi connectivity index (χ3n) is 4.84. The van der Waals surface area contributed by atoms with Crippen LogP contribution in [0.2, 0.25) is 0 Å². The van der Waals surface area contributed by atoms with Crippen LogP contribution in [0.1, 0.15) is 47.5 Å². The fourth-order valence-corrected chi connectivity index (χ4v) is 3.43. The van der Waals surface area contributed by atoms with E-state index in [1.54, 1.807) is 12.1 Å². The van der Waals surface area contributed by atoms with E-state index in [1.807, 2.05) is 0 Å². The van der Waals surface area contributed by atoms with E-state index in [-0.39, 0.29) is 24.0 Å². The van der Waals surface area contributed by atoms with Crippen molar-refractivity contribution in [1.29, 1.82) is 0 Å². The molecular formula is C21H25ClFNO. The molecule has 1 fully saturated rings. The van der Waals surface area contributed by atoms with Crippen LogP contribution in [-0.4, -0.2) is 30.3 Å². The third kappa shape index (κ3) is 5.65. The molecule has 4 heteroatoms. The van der Waals surface area contributed by atoms with Crippen LogP contribution >= 0.6 is 12.4 Å². The van der Waals surface area contributed by atoms with Gasteiger partial charge in [-0.2, -0.15) is 0 Å². The Morgan fingerprint density at radius 2 is 1.76 bits per heavy atom. The molecule has 2 nitrogen and oxygen atoms in total. The van der Waals surface area contributed by atoms with E-state index in [0.717, 1.165) is 32.5 Å². The van der Waals surface area contributed by atoms with Gasteiger partial charge in [0.2, 0.25) is 0 Å². The first-order valence-electron chi connectivity index (χ1n) is 8.78. The molecule has 2 aromatic carbocycles. The van der Waals surface area contributed by atoms with Gasteiger partial charge in [0, 0.05) is 18.5 Å². The Kier molecular flexibility index (Phi) is 7.60. The van der Waals surface area contributed by atoms with Gasteiger partial charge in [-0.3, -0.25) is 4.79 Å². The Morgan fingerprint density at radius 3 is 2.48 bits per heavy atom. The molecule has 0 aliphatic carbocycles. The van der Waals surface area contributed by atoms with Crippen molar-refractivity contribution in [3.05, 3.63) is 71.5 Å². The molecule has 1 unspecified atom stereocenters. The lowest BCUT2D eigenvalue weighted by Gasteiger charge is -2.16. The molecule has 1 saturated heterocycles. The number of likely N-dealkylation sites (tertiary alicyclic amines) is 1. The highest BCUT2D eigenvalue weighted by atomic mass is 35.5. The zero-order valence-corrected chi connectivity index (χ0v) is 15.2. The number of hydrogen-bond donors (Lipinski definition) is 0. The minimum atomic E-state index is -0.298. The first-order valence-corrected chi connectivity index (χ1v) is 8.78. The number of nitrogens with zero attached hydrogens (tertiary/aromatic N) is 1. The summed E-state index contributed by atoms with van der Waals surface area (Å²) in [4.78, 5) is 14.6. The fourth-order valence-electron chi connectivity index (χ4n) is 3.43. The van der Waals surface area contributed by atoms with Crippen molar-refractivity contribution >= 4 is 18.2 Å². The molecule has 1 heterocycles. The fraction of sp³-hybridized carbons (Fsp3) is 0.381. The van der Waals surface area contributed by atoms with Crippen LogP contribution in [0.5, 0.6) is 0 Å². The van der Waals surface area contributed by atoms with Crippen LogP contribution in [0.3, 0.4) is 0 Å². The quantitative estimate of drug-likeness (QED) is 0.505. The number of benzene rings is 2. The third-order valence-corrected chi connectivity index (χ3v) is 4.84. The maximum Gasteiger partial charge on any atom is 0.162 e. The largest absolute Gasteiger partial charge is 0.303 e. The smallest absolute Gasteiger partial charge is 0.162 e. The summed E-state index contributed by atoms with van der Waals surface area (Å²) in [5, 5.41) is 0. The van der Waals surface area contributed by atoms with E-state index in [1.165, 1.54) is 24.1 Å². The summed E-state index contributed by atoms with van der Waals surface area (Å²) < 4.78 is 12.9. The monoisotopic (exact) mass is 361 g/mol. The molecule has 0 aromatic heterocycles. The average Bonchev–Trinajstić information content (AvgIpc) is 3.09. The number of rotatable bonds is 7. The van der Waals surface area contributed by atoms with E-state index >= 15 is 0 Å². The minimum Gasteiger partial charge on any atom is -0.303 e. The van der Waals surface area contributed by atoms with Crippen LogP contribution in [0, 0.1) is 5.82 Å². The minimum absolute atomic E-state index is 0. The Bertz CT molecular complexity index is 659.